The summed E-state index contributed by atoms with van der Waals surface area (Å²) >= 11 is 0. The Morgan fingerprint density at radius 3 is 2.89 bits per heavy atom. The van der Waals surface area contributed by atoms with Crippen LogP contribution in [0.1, 0.15) is 32.6 Å². The zero-order valence-corrected chi connectivity index (χ0v) is 16.6. The number of carbonyl (C=O) groups excluding carboxylic acids is 1. The highest BCUT2D eigenvalue weighted by Gasteiger charge is 2.23. The lowest BCUT2D eigenvalue weighted by molar-refractivity contribution is -0.121. The van der Waals surface area contributed by atoms with Crippen LogP contribution in [0.4, 0.5) is 5.82 Å². The van der Waals surface area contributed by atoms with Gasteiger partial charge in [-0.25, -0.2) is 18.4 Å². The zero-order chi connectivity index (χ0) is 19.4. The zero-order valence-electron chi connectivity index (χ0n) is 15.8. The maximum Gasteiger partial charge on any atom is 0.219 e. The molecule has 2 aromatic rings. The van der Waals surface area contributed by atoms with E-state index in [0.29, 0.717) is 18.9 Å². The molecule has 2 heterocycles. The molecule has 7 nitrogen and oxygen atoms in total. The molecular formula is C19H26N4O3S. The van der Waals surface area contributed by atoms with E-state index >= 15 is 0 Å². The minimum atomic E-state index is -3.30. The van der Waals surface area contributed by atoms with Gasteiger partial charge >= 0.3 is 0 Å². The molecule has 1 aliphatic rings. The molecule has 1 saturated heterocycles. The van der Waals surface area contributed by atoms with E-state index in [4.69, 9.17) is 0 Å². The second-order valence-electron chi connectivity index (χ2n) is 7.16. The van der Waals surface area contributed by atoms with Gasteiger partial charge in [-0.1, -0.05) is 6.92 Å². The van der Waals surface area contributed by atoms with Gasteiger partial charge in [0, 0.05) is 37.7 Å². The van der Waals surface area contributed by atoms with Crippen molar-refractivity contribution in [2.75, 3.05) is 30.8 Å². The number of rotatable bonds is 6. The third-order valence-corrected chi connectivity index (χ3v) is 6.01. The molecule has 1 unspecified atom stereocenters. The van der Waals surface area contributed by atoms with Crippen molar-refractivity contribution in [1.29, 1.82) is 0 Å². The van der Waals surface area contributed by atoms with Crippen molar-refractivity contribution in [2.45, 2.75) is 37.5 Å². The molecule has 1 aromatic carbocycles. The molecule has 0 spiro atoms. The molecule has 0 bridgehead atoms. The van der Waals surface area contributed by atoms with Gasteiger partial charge in [0.25, 0.3) is 0 Å². The van der Waals surface area contributed by atoms with Crippen molar-refractivity contribution in [2.24, 2.45) is 5.92 Å². The predicted octanol–water partition coefficient (Wildman–Crippen LogP) is 2.17. The van der Waals surface area contributed by atoms with E-state index < -0.39 is 9.84 Å². The lowest BCUT2D eigenvalue weighted by Crippen LogP contribution is -2.41. The largest absolute Gasteiger partial charge is 0.356 e. The Morgan fingerprint density at radius 1 is 1.33 bits per heavy atom. The monoisotopic (exact) mass is 390 g/mol. The molecule has 146 valence electrons. The van der Waals surface area contributed by atoms with Gasteiger partial charge in [0.15, 0.2) is 9.84 Å². The summed E-state index contributed by atoms with van der Waals surface area (Å²) in [6.07, 6.45) is 6.18. The summed E-state index contributed by atoms with van der Waals surface area (Å²) in [5.41, 5.74) is 0.728. The van der Waals surface area contributed by atoms with E-state index in [2.05, 4.69) is 20.2 Å². The number of piperidine rings is 1. The Hall–Kier alpha value is -2.22. The Morgan fingerprint density at radius 2 is 2.15 bits per heavy atom. The summed E-state index contributed by atoms with van der Waals surface area (Å²) in [5.74, 6) is 1.21. The highest BCUT2D eigenvalue weighted by Crippen LogP contribution is 2.29. The molecule has 0 radical (unpaired) electrons. The SMILES string of the molecule is CCCC(=O)NCC1CCCN(c2ncnc3ccc(S(C)(=O)=O)cc23)C1. The van der Waals surface area contributed by atoms with Gasteiger partial charge in [-0.3, -0.25) is 4.79 Å². The topological polar surface area (TPSA) is 92.3 Å². The average molecular weight is 391 g/mol. The first-order valence-corrected chi connectivity index (χ1v) is 11.2. The van der Waals surface area contributed by atoms with Crippen LogP contribution in [-0.4, -0.2) is 50.2 Å². The van der Waals surface area contributed by atoms with Crippen LogP contribution in [0.25, 0.3) is 10.9 Å². The van der Waals surface area contributed by atoms with Crippen LogP contribution in [-0.2, 0) is 14.6 Å². The van der Waals surface area contributed by atoms with Crippen LogP contribution in [0.2, 0.25) is 0 Å². The second kappa shape index (κ2) is 8.21. The highest BCUT2D eigenvalue weighted by atomic mass is 32.2. The Balaban J connectivity index is 1.82. The first kappa shape index (κ1) is 19.5. The van der Waals surface area contributed by atoms with E-state index in [-0.39, 0.29) is 10.8 Å². The van der Waals surface area contributed by atoms with E-state index in [0.717, 1.165) is 49.1 Å². The Labute approximate surface area is 160 Å². The molecule has 1 aliphatic heterocycles. The molecule has 3 rings (SSSR count). The number of benzene rings is 1. The Kier molecular flexibility index (Phi) is 5.94. The number of nitrogens with zero attached hydrogens (tertiary/aromatic N) is 3. The normalized spacial score (nSPS) is 17.9. The number of sulfone groups is 1. The standard InChI is InChI=1S/C19H26N4O3S/c1-3-5-18(24)20-11-14-6-4-9-23(12-14)19-16-10-15(27(2,25)26)7-8-17(16)21-13-22-19/h7-8,10,13-14H,3-6,9,11-12H2,1-2H3,(H,20,24). The van der Waals surface area contributed by atoms with E-state index in [1.165, 1.54) is 12.6 Å². The summed E-state index contributed by atoms with van der Waals surface area (Å²) in [4.78, 5) is 22.9. The molecule has 27 heavy (non-hydrogen) atoms. The lowest BCUT2D eigenvalue weighted by atomic mass is 9.97. The van der Waals surface area contributed by atoms with Crippen molar-refractivity contribution in [3.8, 4) is 0 Å². The van der Waals surface area contributed by atoms with Crippen molar-refractivity contribution >= 4 is 32.5 Å². The molecule has 1 aromatic heterocycles. The molecule has 0 saturated carbocycles. The van der Waals surface area contributed by atoms with E-state index in [9.17, 15) is 13.2 Å². The summed E-state index contributed by atoms with van der Waals surface area (Å²) in [6.45, 7) is 4.29. The van der Waals surface area contributed by atoms with Crippen molar-refractivity contribution in [3.63, 3.8) is 0 Å². The number of nitrogens with one attached hydrogen (secondary N) is 1. The van der Waals surface area contributed by atoms with Gasteiger partial charge in [0.2, 0.25) is 5.91 Å². The number of aromatic nitrogens is 2. The van der Waals surface area contributed by atoms with E-state index in [1.807, 2.05) is 6.92 Å². The molecule has 1 fully saturated rings. The number of anilines is 1. The number of hydrogen-bond acceptors (Lipinski definition) is 6. The van der Waals surface area contributed by atoms with Gasteiger partial charge in [0.1, 0.15) is 12.1 Å². The fourth-order valence-electron chi connectivity index (χ4n) is 3.50. The van der Waals surface area contributed by atoms with Crippen LogP contribution < -0.4 is 10.2 Å². The molecular weight excluding hydrogens is 364 g/mol. The van der Waals surface area contributed by atoms with Gasteiger partial charge in [-0.05, 0) is 43.4 Å². The van der Waals surface area contributed by atoms with Gasteiger partial charge in [-0.15, -0.1) is 0 Å². The second-order valence-corrected chi connectivity index (χ2v) is 9.17. The van der Waals surface area contributed by atoms with Crippen LogP contribution in [0, 0.1) is 5.92 Å². The summed E-state index contributed by atoms with van der Waals surface area (Å²) < 4.78 is 23.8. The molecule has 1 amide bonds. The number of fused-ring (bicyclic) bond motifs is 1. The third-order valence-electron chi connectivity index (χ3n) is 4.90. The van der Waals surface area contributed by atoms with Gasteiger partial charge < -0.3 is 10.2 Å². The summed E-state index contributed by atoms with van der Waals surface area (Å²) in [7, 11) is -3.30. The fraction of sp³-hybridized carbons (Fsp3) is 0.526. The van der Waals surface area contributed by atoms with Crippen LogP contribution in [0.3, 0.4) is 0 Å². The van der Waals surface area contributed by atoms with Crippen LogP contribution in [0.5, 0.6) is 0 Å². The summed E-state index contributed by atoms with van der Waals surface area (Å²) in [6, 6.07) is 4.96. The first-order chi connectivity index (χ1) is 12.9. The molecule has 8 heteroatoms. The fourth-order valence-corrected chi connectivity index (χ4v) is 4.15. The maximum atomic E-state index is 11.9. The van der Waals surface area contributed by atoms with Crippen molar-refractivity contribution < 1.29 is 13.2 Å². The van der Waals surface area contributed by atoms with Crippen LogP contribution >= 0.6 is 0 Å². The average Bonchev–Trinajstić information content (AvgIpc) is 2.65. The van der Waals surface area contributed by atoms with E-state index in [1.54, 1.807) is 18.2 Å². The summed E-state index contributed by atoms with van der Waals surface area (Å²) in [5, 5.41) is 3.76. The van der Waals surface area contributed by atoms with Crippen molar-refractivity contribution in [3.05, 3.63) is 24.5 Å². The molecule has 0 aliphatic carbocycles. The van der Waals surface area contributed by atoms with Gasteiger partial charge in [-0.2, -0.15) is 0 Å². The smallest absolute Gasteiger partial charge is 0.219 e. The molecule has 1 N–H and O–H groups in total. The lowest BCUT2D eigenvalue weighted by Gasteiger charge is -2.34. The Bertz CT molecular complexity index is 930. The first-order valence-electron chi connectivity index (χ1n) is 9.35. The number of amides is 1. The van der Waals surface area contributed by atoms with Crippen molar-refractivity contribution in [1.82, 2.24) is 15.3 Å². The number of carbonyl (C=O) groups is 1. The highest BCUT2D eigenvalue weighted by molar-refractivity contribution is 7.90. The quantitative estimate of drug-likeness (QED) is 0.813. The van der Waals surface area contributed by atoms with Gasteiger partial charge in [0.05, 0.1) is 10.4 Å². The molecule has 1 atom stereocenters. The predicted molar refractivity (Wildman–Crippen MR) is 106 cm³/mol. The third kappa shape index (κ3) is 4.74. The number of hydrogen-bond donors (Lipinski definition) is 1. The minimum absolute atomic E-state index is 0.0971. The van der Waals surface area contributed by atoms with Crippen LogP contribution in [0.15, 0.2) is 29.4 Å². The maximum absolute atomic E-state index is 11.9. The minimum Gasteiger partial charge on any atom is -0.356 e.